The molecule has 0 heterocycles. The molecule has 1 aromatic rings. The molecular formula is C11H12O2. The van der Waals surface area contributed by atoms with Gasteiger partial charge in [-0.2, -0.15) is 0 Å². The first-order valence-electron chi connectivity index (χ1n) is 4.10. The van der Waals surface area contributed by atoms with Crippen molar-refractivity contribution in [2.75, 3.05) is 0 Å². The number of rotatable bonds is 3. The summed E-state index contributed by atoms with van der Waals surface area (Å²) in [4.78, 5) is 10.2. The lowest BCUT2D eigenvalue weighted by atomic mass is 10.0. The highest BCUT2D eigenvalue weighted by Gasteiger charge is 2.07. The zero-order chi connectivity index (χ0) is 9.68. The molecule has 0 aliphatic carbocycles. The van der Waals surface area contributed by atoms with Crippen LogP contribution in [0.25, 0.3) is 0 Å². The molecule has 0 spiro atoms. The number of carbonyl (C=O) groups is 1. The second-order valence-corrected chi connectivity index (χ2v) is 2.86. The number of hydrogen-bond donors (Lipinski definition) is 1. The average molecular weight is 176 g/mol. The van der Waals surface area contributed by atoms with Crippen LogP contribution >= 0.6 is 0 Å². The number of aliphatic hydroxyl groups is 1. The van der Waals surface area contributed by atoms with E-state index in [1.165, 1.54) is 6.08 Å². The van der Waals surface area contributed by atoms with Crippen molar-refractivity contribution in [3.05, 3.63) is 47.5 Å². The molecule has 0 saturated heterocycles. The molecule has 13 heavy (non-hydrogen) atoms. The van der Waals surface area contributed by atoms with Gasteiger partial charge in [-0.3, -0.25) is 4.79 Å². The standard InChI is InChI=1S/C11H12O2/c1-9(7-8-12)11(13)10-5-3-2-4-6-10/h2-8,11,13H,1H3/b9-7-/t11-/m0/s1. The second kappa shape index (κ2) is 4.58. The number of benzene rings is 1. The summed E-state index contributed by atoms with van der Waals surface area (Å²) in [6.07, 6.45) is 1.38. The van der Waals surface area contributed by atoms with Gasteiger partial charge in [0.2, 0.25) is 0 Å². The highest BCUT2D eigenvalue weighted by atomic mass is 16.3. The van der Waals surface area contributed by atoms with E-state index in [1.54, 1.807) is 6.92 Å². The van der Waals surface area contributed by atoms with Gasteiger partial charge in [-0.25, -0.2) is 0 Å². The summed E-state index contributed by atoms with van der Waals surface area (Å²) >= 11 is 0. The van der Waals surface area contributed by atoms with Gasteiger partial charge in [-0.05, 0) is 24.1 Å². The predicted octanol–water partition coefficient (Wildman–Crippen LogP) is 1.87. The minimum Gasteiger partial charge on any atom is -0.384 e. The maximum atomic E-state index is 10.2. The lowest BCUT2D eigenvalue weighted by molar-refractivity contribution is -0.104. The average Bonchev–Trinajstić information content (AvgIpc) is 2.18. The molecule has 2 heteroatoms. The van der Waals surface area contributed by atoms with Crippen LogP contribution in [0.2, 0.25) is 0 Å². The first-order valence-corrected chi connectivity index (χ1v) is 4.10. The van der Waals surface area contributed by atoms with Crippen LogP contribution in [0, 0.1) is 0 Å². The number of hydrogen-bond acceptors (Lipinski definition) is 2. The van der Waals surface area contributed by atoms with Crippen LogP contribution in [0.3, 0.4) is 0 Å². The van der Waals surface area contributed by atoms with Gasteiger partial charge in [-0.1, -0.05) is 30.3 Å². The Labute approximate surface area is 77.5 Å². The molecule has 0 unspecified atom stereocenters. The van der Waals surface area contributed by atoms with Gasteiger partial charge in [0.1, 0.15) is 12.4 Å². The quantitative estimate of drug-likeness (QED) is 0.564. The predicted molar refractivity (Wildman–Crippen MR) is 51.2 cm³/mol. The molecule has 1 rings (SSSR count). The van der Waals surface area contributed by atoms with Gasteiger partial charge < -0.3 is 5.11 Å². The van der Waals surface area contributed by atoms with Gasteiger partial charge in [0, 0.05) is 0 Å². The van der Waals surface area contributed by atoms with E-state index in [1.807, 2.05) is 30.3 Å². The summed E-state index contributed by atoms with van der Waals surface area (Å²) in [6, 6.07) is 9.24. The van der Waals surface area contributed by atoms with Crippen LogP contribution in [0.15, 0.2) is 42.0 Å². The molecule has 0 saturated carbocycles. The Kier molecular flexibility index (Phi) is 3.41. The van der Waals surface area contributed by atoms with Gasteiger partial charge in [0.25, 0.3) is 0 Å². The molecule has 0 fully saturated rings. The van der Waals surface area contributed by atoms with Gasteiger partial charge >= 0.3 is 0 Å². The van der Waals surface area contributed by atoms with E-state index in [0.29, 0.717) is 11.9 Å². The smallest absolute Gasteiger partial charge is 0.142 e. The lowest BCUT2D eigenvalue weighted by Crippen LogP contribution is -1.98. The molecule has 0 radical (unpaired) electrons. The lowest BCUT2D eigenvalue weighted by Gasteiger charge is -2.10. The largest absolute Gasteiger partial charge is 0.384 e. The third-order valence-corrected chi connectivity index (χ3v) is 1.88. The van der Waals surface area contributed by atoms with E-state index in [9.17, 15) is 9.90 Å². The highest BCUT2D eigenvalue weighted by Crippen LogP contribution is 2.19. The van der Waals surface area contributed by atoms with E-state index >= 15 is 0 Å². The van der Waals surface area contributed by atoms with Crippen molar-refractivity contribution in [1.82, 2.24) is 0 Å². The second-order valence-electron chi connectivity index (χ2n) is 2.86. The van der Waals surface area contributed by atoms with Crippen molar-refractivity contribution in [3.63, 3.8) is 0 Å². The fourth-order valence-electron chi connectivity index (χ4n) is 1.10. The number of aliphatic hydroxyl groups excluding tert-OH is 1. The SMILES string of the molecule is C/C(=C/C=O)[C@H](O)c1ccccc1. The normalized spacial score (nSPS) is 13.8. The third-order valence-electron chi connectivity index (χ3n) is 1.88. The van der Waals surface area contributed by atoms with Crippen molar-refractivity contribution < 1.29 is 9.90 Å². The topological polar surface area (TPSA) is 37.3 Å². The fourth-order valence-corrected chi connectivity index (χ4v) is 1.10. The molecule has 0 aliphatic heterocycles. The summed E-state index contributed by atoms with van der Waals surface area (Å²) in [6.45, 7) is 1.73. The van der Waals surface area contributed by atoms with Gasteiger partial charge in [-0.15, -0.1) is 0 Å². The summed E-state index contributed by atoms with van der Waals surface area (Å²) in [5.74, 6) is 0. The Balaban J connectivity index is 2.85. The van der Waals surface area contributed by atoms with Crippen LogP contribution in [0.1, 0.15) is 18.6 Å². The Morgan fingerprint density at radius 2 is 2.00 bits per heavy atom. The Morgan fingerprint density at radius 3 is 2.54 bits per heavy atom. The Hall–Kier alpha value is -1.41. The summed E-state index contributed by atoms with van der Waals surface area (Å²) < 4.78 is 0. The molecular weight excluding hydrogens is 164 g/mol. The Bertz CT molecular complexity index is 301. The van der Waals surface area contributed by atoms with E-state index < -0.39 is 6.10 Å². The third kappa shape index (κ3) is 2.53. The molecule has 1 atom stereocenters. The van der Waals surface area contributed by atoms with E-state index in [-0.39, 0.29) is 0 Å². The van der Waals surface area contributed by atoms with Crippen molar-refractivity contribution in [2.45, 2.75) is 13.0 Å². The molecule has 1 aromatic carbocycles. The molecule has 0 aliphatic rings. The zero-order valence-corrected chi connectivity index (χ0v) is 7.47. The summed E-state index contributed by atoms with van der Waals surface area (Å²) in [7, 11) is 0. The van der Waals surface area contributed by atoms with Crippen LogP contribution in [0.4, 0.5) is 0 Å². The van der Waals surface area contributed by atoms with Crippen LogP contribution in [-0.4, -0.2) is 11.4 Å². The maximum absolute atomic E-state index is 10.2. The molecule has 2 nitrogen and oxygen atoms in total. The molecule has 0 amide bonds. The number of carbonyl (C=O) groups excluding carboxylic acids is 1. The van der Waals surface area contributed by atoms with Crippen molar-refractivity contribution in [1.29, 1.82) is 0 Å². The monoisotopic (exact) mass is 176 g/mol. The summed E-state index contributed by atoms with van der Waals surface area (Å²) in [5.41, 5.74) is 1.46. The molecule has 68 valence electrons. The minimum atomic E-state index is -0.675. The van der Waals surface area contributed by atoms with Crippen LogP contribution < -0.4 is 0 Å². The van der Waals surface area contributed by atoms with E-state index in [0.717, 1.165) is 5.56 Å². The van der Waals surface area contributed by atoms with Gasteiger partial charge in [0.15, 0.2) is 0 Å². The first kappa shape index (κ1) is 9.68. The first-order chi connectivity index (χ1) is 6.25. The zero-order valence-electron chi connectivity index (χ0n) is 7.47. The Morgan fingerprint density at radius 1 is 1.38 bits per heavy atom. The van der Waals surface area contributed by atoms with Gasteiger partial charge in [0.05, 0.1) is 0 Å². The maximum Gasteiger partial charge on any atom is 0.142 e. The number of allylic oxidation sites excluding steroid dienone is 1. The van der Waals surface area contributed by atoms with Crippen molar-refractivity contribution >= 4 is 6.29 Å². The fraction of sp³-hybridized carbons (Fsp3) is 0.182. The van der Waals surface area contributed by atoms with Crippen LogP contribution in [-0.2, 0) is 4.79 Å². The molecule has 0 bridgehead atoms. The highest BCUT2D eigenvalue weighted by molar-refractivity contribution is 5.66. The minimum absolute atomic E-state index is 0.654. The van der Waals surface area contributed by atoms with E-state index in [2.05, 4.69) is 0 Å². The van der Waals surface area contributed by atoms with Crippen molar-refractivity contribution in [2.24, 2.45) is 0 Å². The number of aldehydes is 1. The van der Waals surface area contributed by atoms with E-state index in [4.69, 9.17) is 0 Å². The van der Waals surface area contributed by atoms with Crippen molar-refractivity contribution in [3.8, 4) is 0 Å². The van der Waals surface area contributed by atoms with Crippen LogP contribution in [0.5, 0.6) is 0 Å². The molecule has 1 N–H and O–H groups in total. The summed E-state index contributed by atoms with van der Waals surface area (Å²) in [5, 5.41) is 9.69. The molecule has 0 aromatic heterocycles.